The molecule has 1 aliphatic rings. The first-order valence-electron chi connectivity index (χ1n) is 10.1. The highest BCUT2D eigenvalue weighted by molar-refractivity contribution is 5.79. The smallest absolute Gasteiger partial charge is 0.248 e. The van der Waals surface area contributed by atoms with E-state index >= 15 is 0 Å². The summed E-state index contributed by atoms with van der Waals surface area (Å²) < 4.78 is 32.5. The highest BCUT2D eigenvalue weighted by Gasteiger charge is 2.45. The molecular weight excluding hydrogens is 385 g/mol. The zero-order valence-corrected chi connectivity index (χ0v) is 17.6. The molecule has 30 heavy (non-hydrogen) atoms. The van der Waals surface area contributed by atoms with Crippen molar-refractivity contribution >= 4 is 10.9 Å². The van der Waals surface area contributed by atoms with Crippen LogP contribution in [0, 0.1) is 5.82 Å². The molecule has 6 heteroatoms. The molecule has 3 aromatic rings. The molecule has 1 fully saturated rings. The van der Waals surface area contributed by atoms with E-state index in [1.165, 1.54) is 18.2 Å². The first-order valence-corrected chi connectivity index (χ1v) is 10.1. The average Bonchev–Trinajstić information content (AvgIpc) is 3.03. The van der Waals surface area contributed by atoms with Crippen molar-refractivity contribution in [2.24, 2.45) is 0 Å². The van der Waals surface area contributed by atoms with E-state index in [1.54, 1.807) is 6.07 Å². The summed E-state index contributed by atoms with van der Waals surface area (Å²) in [6.45, 7) is 7.98. The highest BCUT2D eigenvalue weighted by atomic mass is 19.1. The Bertz CT molecular complexity index is 1140. The van der Waals surface area contributed by atoms with E-state index in [-0.39, 0.29) is 17.5 Å². The molecule has 0 radical (unpaired) electrons. The molecule has 0 aliphatic carbocycles. The largest absolute Gasteiger partial charge is 0.486 e. The van der Waals surface area contributed by atoms with Gasteiger partial charge in [0.15, 0.2) is 5.79 Å². The average molecular weight is 411 g/mol. The summed E-state index contributed by atoms with van der Waals surface area (Å²) in [7, 11) is 0. The molecule has 1 aromatic heterocycles. The van der Waals surface area contributed by atoms with E-state index in [2.05, 4.69) is 4.98 Å². The van der Waals surface area contributed by atoms with Gasteiger partial charge < -0.3 is 19.2 Å². The van der Waals surface area contributed by atoms with Gasteiger partial charge in [0.2, 0.25) is 5.56 Å². The summed E-state index contributed by atoms with van der Waals surface area (Å²) in [5, 5.41) is 0.908. The fraction of sp³-hybridized carbons (Fsp3) is 0.375. The zero-order valence-electron chi connectivity index (χ0n) is 17.6. The number of halogens is 1. The number of hydrogen-bond donors (Lipinski definition) is 1. The van der Waals surface area contributed by atoms with Crippen LogP contribution in [0.5, 0.6) is 5.75 Å². The van der Waals surface area contributed by atoms with Crippen LogP contribution in [0.4, 0.5) is 4.39 Å². The minimum absolute atomic E-state index is 0.141. The summed E-state index contributed by atoms with van der Waals surface area (Å²) in [5.41, 5.74) is 1.54. The molecule has 2 heterocycles. The summed E-state index contributed by atoms with van der Waals surface area (Å²) in [4.78, 5) is 14.3. The van der Waals surface area contributed by atoms with Crippen LogP contribution >= 0.6 is 0 Å². The van der Waals surface area contributed by atoms with Crippen LogP contribution in [0.2, 0.25) is 0 Å². The minimum Gasteiger partial charge on any atom is -0.486 e. The van der Waals surface area contributed by atoms with E-state index in [0.29, 0.717) is 24.3 Å². The third-order valence-corrected chi connectivity index (χ3v) is 5.59. The Hall–Kier alpha value is -2.70. The van der Waals surface area contributed by atoms with E-state index in [4.69, 9.17) is 14.2 Å². The van der Waals surface area contributed by atoms with Crippen molar-refractivity contribution in [3.05, 3.63) is 75.8 Å². The van der Waals surface area contributed by atoms with Crippen LogP contribution in [0.1, 0.15) is 51.3 Å². The maximum absolute atomic E-state index is 14.5. The molecule has 0 bridgehead atoms. The molecule has 1 N–H and O–H groups in total. The van der Waals surface area contributed by atoms with Crippen LogP contribution in [-0.4, -0.2) is 17.4 Å². The molecule has 4 rings (SSSR count). The van der Waals surface area contributed by atoms with Crippen molar-refractivity contribution < 1.29 is 18.6 Å². The van der Waals surface area contributed by atoms with Gasteiger partial charge in [-0.1, -0.05) is 13.0 Å². The number of ether oxygens (including phenoxy) is 3. The fourth-order valence-corrected chi connectivity index (χ4v) is 3.93. The number of pyridine rings is 1. The normalized spacial score (nSPS) is 21.6. The van der Waals surface area contributed by atoms with Crippen LogP contribution in [0.25, 0.3) is 10.9 Å². The van der Waals surface area contributed by atoms with E-state index < -0.39 is 11.4 Å². The lowest BCUT2D eigenvalue weighted by Gasteiger charge is -2.29. The quantitative estimate of drug-likeness (QED) is 0.627. The molecule has 158 valence electrons. The van der Waals surface area contributed by atoms with Crippen LogP contribution in [0.15, 0.2) is 53.3 Å². The van der Waals surface area contributed by atoms with Crippen LogP contribution in [0.3, 0.4) is 0 Å². The Balaban J connectivity index is 1.62. The third kappa shape index (κ3) is 3.98. The first-order chi connectivity index (χ1) is 14.2. The Morgan fingerprint density at radius 2 is 1.97 bits per heavy atom. The van der Waals surface area contributed by atoms with Gasteiger partial charge in [0.1, 0.15) is 23.3 Å². The summed E-state index contributed by atoms with van der Waals surface area (Å²) >= 11 is 0. The Kier molecular flexibility index (Phi) is 5.16. The number of fused-ring (bicyclic) bond motifs is 1. The van der Waals surface area contributed by atoms with E-state index in [1.807, 2.05) is 52.0 Å². The van der Waals surface area contributed by atoms with E-state index in [9.17, 15) is 9.18 Å². The van der Waals surface area contributed by atoms with Gasteiger partial charge in [0.05, 0.1) is 6.61 Å². The predicted octanol–water partition coefficient (Wildman–Crippen LogP) is 5.20. The second-order valence-electron chi connectivity index (χ2n) is 8.24. The predicted molar refractivity (Wildman–Crippen MR) is 113 cm³/mol. The lowest BCUT2D eigenvalue weighted by atomic mass is 9.91. The Labute approximate surface area is 174 Å². The number of nitrogens with one attached hydrogen (secondary N) is 1. The third-order valence-electron chi connectivity index (χ3n) is 5.59. The standard InChI is InChI=1S/C24H26FNO4/c1-5-24(14-28-23(3,4)30-24)18-11-19(25)13-20(12-18)29-15(2)16-6-8-21-17(10-16)7-9-22(27)26-21/h6-13,15H,5,14H2,1-4H3,(H,26,27). The number of rotatable bonds is 5. The van der Waals surface area contributed by atoms with Crippen LogP contribution < -0.4 is 10.3 Å². The lowest BCUT2D eigenvalue weighted by molar-refractivity contribution is -0.164. The van der Waals surface area contributed by atoms with Crippen molar-refractivity contribution in [3.8, 4) is 5.75 Å². The summed E-state index contributed by atoms with van der Waals surface area (Å²) in [6.07, 6.45) is 0.336. The molecule has 0 amide bonds. The maximum atomic E-state index is 14.5. The summed E-state index contributed by atoms with van der Waals surface area (Å²) in [6, 6.07) is 13.7. The molecule has 1 aliphatic heterocycles. The van der Waals surface area contributed by atoms with Gasteiger partial charge in [0.25, 0.3) is 0 Å². The molecule has 0 spiro atoms. The lowest BCUT2D eigenvalue weighted by Crippen LogP contribution is -2.31. The van der Waals surface area contributed by atoms with Gasteiger partial charge in [-0.3, -0.25) is 4.79 Å². The topological polar surface area (TPSA) is 60.6 Å². The molecular formula is C24H26FNO4. The second kappa shape index (κ2) is 7.52. The highest BCUT2D eigenvalue weighted by Crippen LogP contribution is 2.42. The molecule has 5 nitrogen and oxygen atoms in total. The van der Waals surface area contributed by atoms with Gasteiger partial charge in [-0.05, 0) is 74.0 Å². The van der Waals surface area contributed by atoms with Crippen molar-refractivity contribution in [1.82, 2.24) is 4.98 Å². The van der Waals surface area contributed by atoms with E-state index in [0.717, 1.165) is 16.5 Å². The van der Waals surface area contributed by atoms with Crippen molar-refractivity contribution in [1.29, 1.82) is 0 Å². The SMILES string of the molecule is CCC1(c2cc(F)cc(OC(C)c3ccc4[nH]c(=O)ccc4c3)c2)COC(C)(C)O1. The van der Waals surface area contributed by atoms with Crippen molar-refractivity contribution in [2.75, 3.05) is 6.61 Å². The monoisotopic (exact) mass is 411 g/mol. The van der Waals surface area contributed by atoms with Crippen molar-refractivity contribution in [3.63, 3.8) is 0 Å². The van der Waals surface area contributed by atoms with Gasteiger partial charge in [-0.15, -0.1) is 0 Å². The summed E-state index contributed by atoms with van der Waals surface area (Å²) in [5.74, 6) is -0.671. The number of H-pyrrole nitrogens is 1. The molecule has 0 saturated carbocycles. The van der Waals surface area contributed by atoms with Gasteiger partial charge in [-0.25, -0.2) is 4.39 Å². The molecule has 2 aromatic carbocycles. The zero-order chi connectivity index (χ0) is 21.5. The second-order valence-corrected chi connectivity index (χ2v) is 8.24. The molecule has 1 saturated heterocycles. The number of aromatic nitrogens is 1. The molecule has 2 atom stereocenters. The van der Waals surface area contributed by atoms with Gasteiger partial charge in [0, 0.05) is 17.6 Å². The van der Waals surface area contributed by atoms with Gasteiger partial charge in [-0.2, -0.15) is 0 Å². The number of hydrogen-bond acceptors (Lipinski definition) is 4. The molecule has 2 unspecified atom stereocenters. The van der Waals surface area contributed by atoms with Crippen molar-refractivity contribution in [2.45, 2.75) is 51.6 Å². The Morgan fingerprint density at radius 3 is 2.67 bits per heavy atom. The number of aromatic amines is 1. The van der Waals surface area contributed by atoms with Crippen LogP contribution in [-0.2, 0) is 15.1 Å². The number of benzene rings is 2. The van der Waals surface area contributed by atoms with Gasteiger partial charge >= 0.3 is 0 Å². The first kappa shape index (κ1) is 20.6. The fourth-order valence-electron chi connectivity index (χ4n) is 3.93. The minimum atomic E-state index is -0.720. The Morgan fingerprint density at radius 1 is 1.17 bits per heavy atom. The maximum Gasteiger partial charge on any atom is 0.248 e.